The summed E-state index contributed by atoms with van der Waals surface area (Å²) in [5.74, 6) is -1.89. The number of benzene rings is 2. The molecule has 0 saturated carbocycles. The van der Waals surface area contributed by atoms with E-state index in [1.54, 1.807) is 4.90 Å². The minimum absolute atomic E-state index is 0.368. The Labute approximate surface area is 165 Å². The van der Waals surface area contributed by atoms with Crippen LogP contribution in [0.25, 0.3) is 10.8 Å². The third-order valence-electron chi connectivity index (χ3n) is 5.09. The Morgan fingerprint density at radius 1 is 1.18 bits per heavy atom. The van der Waals surface area contributed by atoms with Gasteiger partial charge in [0.1, 0.15) is 11.6 Å². The summed E-state index contributed by atoms with van der Waals surface area (Å²) < 4.78 is 5.51. The Morgan fingerprint density at radius 2 is 1.86 bits per heavy atom. The second kappa shape index (κ2) is 7.89. The largest absolute Gasteiger partial charge is 0.480 e. The van der Waals surface area contributed by atoms with Crippen LogP contribution >= 0.6 is 0 Å². The minimum Gasteiger partial charge on any atom is -0.480 e. The van der Waals surface area contributed by atoms with Gasteiger partial charge in [0.05, 0.1) is 12.1 Å². The van der Waals surface area contributed by atoms with Gasteiger partial charge in [-0.2, -0.15) is 0 Å². The summed E-state index contributed by atoms with van der Waals surface area (Å²) >= 11 is 0. The van der Waals surface area contributed by atoms with E-state index in [4.69, 9.17) is 10.5 Å². The molecule has 0 aliphatic carbocycles. The van der Waals surface area contributed by atoms with Gasteiger partial charge in [-0.25, -0.2) is 0 Å². The third-order valence-corrected chi connectivity index (χ3v) is 5.09. The Bertz CT molecular complexity index is 874. The van der Waals surface area contributed by atoms with Crippen molar-refractivity contribution in [3.63, 3.8) is 0 Å². The molecule has 0 aromatic heterocycles. The number of carboxylic acid groups (broad SMARTS) is 1. The smallest absolute Gasteiger partial charge is 0.325 e. The predicted octanol–water partition coefficient (Wildman–Crippen LogP) is 3.30. The SMILES string of the molecule is CC(C)(C)OC(=O)C1CCCN(C(C(=O)O)c2ccc3ccccc3c2)C1N. The number of nitrogens with zero attached hydrogens (tertiary/aromatic N) is 1. The highest BCUT2D eigenvalue weighted by Gasteiger charge is 2.41. The van der Waals surface area contributed by atoms with Gasteiger partial charge >= 0.3 is 11.9 Å². The topological polar surface area (TPSA) is 92.9 Å². The van der Waals surface area contributed by atoms with Gasteiger partial charge in [-0.15, -0.1) is 0 Å². The fraction of sp³-hybridized carbons (Fsp3) is 0.455. The molecule has 3 unspecified atom stereocenters. The lowest BCUT2D eigenvalue weighted by molar-refractivity contribution is -0.167. The van der Waals surface area contributed by atoms with Crippen LogP contribution in [0.1, 0.15) is 45.2 Å². The number of hydrogen-bond acceptors (Lipinski definition) is 5. The minimum atomic E-state index is -0.976. The number of aliphatic carboxylic acids is 1. The molecular weight excluding hydrogens is 356 g/mol. The van der Waals surface area contributed by atoms with Gasteiger partial charge in [0.25, 0.3) is 0 Å². The predicted molar refractivity (Wildman–Crippen MR) is 108 cm³/mol. The van der Waals surface area contributed by atoms with Crippen LogP contribution < -0.4 is 5.73 Å². The van der Waals surface area contributed by atoms with Crippen molar-refractivity contribution in [1.29, 1.82) is 0 Å². The van der Waals surface area contributed by atoms with Gasteiger partial charge in [0.2, 0.25) is 0 Å². The molecule has 1 aliphatic rings. The normalized spacial score (nSPS) is 22.0. The van der Waals surface area contributed by atoms with Gasteiger partial charge < -0.3 is 15.6 Å². The number of rotatable bonds is 4. The number of piperidine rings is 1. The van der Waals surface area contributed by atoms with E-state index >= 15 is 0 Å². The zero-order valence-corrected chi connectivity index (χ0v) is 16.6. The van der Waals surface area contributed by atoms with Crippen molar-refractivity contribution in [3.05, 3.63) is 48.0 Å². The molecule has 0 amide bonds. The molecule has 1 heterocycles. The molecule has 3 N–H and O–H groups in total. The van der Waals surface area contributed by atoms with Crippen molar-refractivity contribution in [3.8, 4) is 0 Å². The van der Waals surface area contributed by atoms with E-state index in [-0.39, 0.29) is 5.97 Å². The van der Waals surface area contributed by atoms with Crippen molar-refractivity contribution >= 4 is 22.7 Å². The Morgan fingerprint density at radius 3 is 2.50 bits per heavy atom. The molecule has 2 aromatic rings. The summed E-state index contributed by atoms with van der Waals surface area (Å²) in [7, 11) is 0. The van der Waals surface area contributed by atoms with Crippen molar-refractivity contribution in [1.82, 2.24) is 4.90 Å². The van der Waals surface area contributed by atoms with Crippen LogP contribution in [0.4, 0.5) is 0 Å². The van der Waals surface area contributed by atoms with Crippen LogP contribution in [0.5, 0.6) is 0 Å². The number of likely N-dealkylation sites (tertiary alicyclic amines) is 1. The summed E-state index contributed by atoms with van der Waals surface area (Å²) in [6.07, 6.45) is 0.571. The molecule has 1 aliphatic heterocycles. The highest BCUT2D eigenvalue weighted by atomic mass is 16.6. The Balaban J connectivity index is 1.90. The highest BCUT2D eigenvalue weighted by Crippen LogP contribution is 2.32. The van der Waals surface area contributed by atoms with Crippen LogP contribution in [0.2, 0.25) is 0 Å². The zero-order valence-electron chi connectivity index (χ0n) is 16.6. The van der Waals surface area contributed by atoms with E-state index in [0.29, 0.717) is 24.9 Å². The van der Waals surface area contributed by atoms with Crippen molar-refractivity contribution in [2.45, 2.75) is 51.4 Å². The van der Waals surface area contributed by atoms with Gasteiger partial charge in [-0.3, -0.25) is 14.5 Å². The molecular formula is C22H28N2O4. The maximum Gasteiger partial charge on any atom is 0.325 e. The summed E-state index contributed by atoms with van der Waals surface area (Å²) in [6, 6.07) is 12.5. The van der Waals surface area contributed by atoms with Crippen LogP contribution in [-0.2, 0) is 14.3 Å². The van der Waals surface area contributed by atoms with Gasteiger partial charge in [-0.05, 0) is 56.0 Å². The van der Waals surface area contributed by atoms with E-state index in [9.17, 15) is 14.7 Å². The van der Waals surface area contributed by atoms with Crippen molar-refractivity contribution < 1.29 is 19.4 Å². The second-order valence-electron chi connectivity index (χ2n) is 8.36. The van der Waals surface area contributed by atoms with E-state index < -0.39 is 29.7 Å². The Hall–Kier alpha value is -2.44. The molecule has 28 heavy (non-hydrogen) atoms. The molecule has 6 nitrogen and oxygen atoms in total. The quantitative estimate of drug-likeness (QED) is 0.786. The molecule has 1 saturated heterocycles. The van der Waals surface area contributed by atoms with E-state index in [1.165, 1.54) is 0 Å². The zero-order chi connectivity index (χ0) is 20.5. The number of esters is 1. The molecule has 150 valence electrons. The average Bonchev–Trinajstić information content (AvgIpc) is 2.61. The third kappa shape index (κ3) is 4.34. The van der Waals surface area contributed by atoms with Crippen molar-refractivity contribution in [2.75, 3.05) is 6.54 Å². The average molecular weight is 384 g/mol. The standard InChI is InChI=1S/C22H28N2O4/c1-22(2,3)28-21(27)17-9-6-12-24(19(17)23)18(20(25)26)16-11-10-14-7-4-5-8-15(14)13-16/h4-5,7-8,10-11,13,17-19H,6,9,12,23H2,1-3H3,(H,25,26). The van der Waals surface area contributed by atoms with E-state index in [0.717, 1.165) is 10.8 Å². The number of carbonyl (C=O) groups is 2. The molecule has 3 atom stereocenters. The lowest BCUT2D eigenvalue weighted by atomic mass is 9.91. The van der Waals surface area contributed by atoms with E-state index in [1.807, 2.05) is 63.2 Å². The van der Waals surface area contributed by atoms with Crippen LogP contribution in [-0.4, -0.2) is 40.3 Å². The second-order valence-corrected chi connectivity index (χ2v) is 8.36. The first kappa shape index (κ1) is 20.3. The van der Waals surface area contributed by atoms with Gasteiger partial charge in [0.15, 0.2) is 0 Å². The van der Waals surface area contributed by atoms with E-state index in [2.05, 4.69) is 0 Å². The van der Waals surface area contributed by atoms with Crippen LogP contribution in [0, 0.1) is 5.92 Å². The first-order valence-electron chi connectivity index (χ1n) is 9.63. The summed E-state index contributed by atoms with van der Waals surface area (Å²) in [6.45, 7) is 5.95. The number of hydrogen-bond donors (Lipinski definition) is 2. The first-order valence-corrected chi connectivity index (χ1v) is 9.63. The molecule has 0 bridgehead atoms. The molecule has 0 spiro atoms. The van der Waals surface area contributed by atoms with Crippen LogP contribution in [0.15, 0.2) is 42.5 Å². The Kier molecular flexibility index (Phi) is 5.72. The molecule has 2 aromatic carbocycles. The van der Waals surface area contributed by atoms with Crippen LogP contribution in [0.3, 0.4) is 0 Å². The summed E-state index contributed by atoms with van der Waals surface area (Å²) in [5.41, 5.74) is 6.44. The van der Waals surface area contributed by atoms with Crippen molar-refractivity contribution in [2.24, 2.45) is 11.7 Å². The van der Waals surface area contributed by atoms with Gasteiger partial charge in [-0.1, -0.05) is 36.4 Å². The molecule has 3 rings (SSSR count). The lowest BCUT2D eigenvalue weighted by Gasteiger charge is -2.41. The number of ether oxygens (including phenoxy) is 1. The lowest BCUT2D eigenvalue weighted by Crippen LogP contribution is -2.56. The number of fused-ring (bicyclic) bond motifs is 1. The highest BCUT2D eigenvalue weighted by molar-refractivity contribution is 5.85. The fourth-order valence-corrected chi connectivity index (χ4v) is 3.83. The summed E-state index contributed by atoms with van der Waals surface area (Å²) in [4.78, 5) is 26.5. The molecule has 1 fully saturated rings. The van der Waals surface area contributed by atoms with Gasteiger partial charge in [0, 0.05) is 6.54 Å². The molecule has 0 radical (unpaired) electrons. The molecule has 6 heteroatoms. The number of carbonyl (C=O) groups excluding carboxylic acids is 1. The monoisotopic (exact) mass is 384 g/mol. The fourth-order valence-electron chi connectivity index (χ4n) is 3.83. The maximum atomic E-state index is 12.6. The number of nitrogens with two attached hydrogens (primary N) is 1. The number of carboxylic acids is 1. The maximum absolute atomic E-state index is 12.6. The summed E-state index contributed by atoms with van der Waals surface area (Å²) in [5, 5.41) is 12.0. The first-order chi connectivity index (χ1) is 13.2.